The van der Waals surface area contributed by atoms with Crippen molar-refractivity contribution in [2.75, 3.05) is 19.6 Å². The van der Waals surface area contributed by atoms with Gasteiger partial charge in [-0.2, -0.15) is 0 Å². The van der Waals surface area contributed by atoms with E-state index in [2.05, 4.69) is 4.90 Å². The SMILES string of the molecule is CC(CCCN1C[C@@H](C)N(C(=O)O)C[C@@H]1C)[N+](=O)[O-]. The molecular weight excluding hydrogens is 250 g/mol. The van der Waals surface area contributed by atoms with Gasteiger partial charge >= 0.3 is 6.09 Å². The first-order chi connectivity index (χ1) is 8.82. The smallest absolute Gasteiger partial charge is 0.407 e. The highest BCUT2D eigenvalue weighted by Crippen LogP contribution is 2.16. The lowest BCUT2D eigenvalue weighted by Crippen LogP contribution is -2.57. The van der Waals surface area contributed by atoms with E-state index in [-0.39, 0.29) is 17.0 Å². The van der Waals surface area contributed by atoms with Crippen LogP contribution in [0.2, 0.25) is 0 Å². The molecule has 0 radical (unpaired) electrons. The molecule has 19 heavy (non-hydrogen) atoms. The molecular formula is C12H23N3O4. The van der Waals surface area contributed by atoms with Crippen LogP contribution in [0.4, 0.5) is 4.79 Å². The van der Waals surface area contributed by atoms with Crippen LogP contribution < -0.4 is 0 Å². The number of piperazine rings is 1. The highest BCUT2D eigenvalue weighted by Gasteiger charge is 2.31. The van der Waals surface area contributed by atoms with Crippen LogP contribution >= 0.6 is 0 Å². The van der Waals surface area contributed by atoms with Crippen molar-refractivity contribution in [3.05, 3.63) is 10.1 Å². The van der Waals surface area contributed by atoms with Crippen molar-refractivity contribution in [3.63, 3.8) is 0 Å². The molecule has 0 bridgehead atoms. The van der Waals surface area contributed by atoms with Gasteiger partial charge < -0.3 is 10.0 Å². The van der Waals surface area contributed by atoms with Crippen LogP contribution in [0.3, 0.4) is 0 Å². The predicted molar refractivity (Wildman–Crippen MR) is 70.9 cm³/mol. The van der Waals surface area contributed by atoms with Crippen LogP contribution in [-0.2, 0) is 0 Å². The van der Waals surface area contributed by atoms with Crippen LogP contribution in [0.15, 0.2) is 0 Å². The molecule has 0 aromatic heterocycles. The Kier molecular flexibility index (Phi) is 5.53. The molecule has 7 nitrogen and oxygen atoms in total. The van der Waals surface area contributed by atoms with E-state index >= 15 is 0 Å². The third kappa shape index (κ3) is 4.34. The Hall–Kier alpha value is -1.37. The van der Waals surface area contributed by atoms with Crippen molar-refractivity contribution in [1.29, 1.82) is 0 Å². The molecule has 1 saturated heterocycles. The van der Waals surface area contributed by atoms with Gasteiger partial charge in [-0.15, -0.1) is 0 Å². The zero-order valence-electron chi connectivity index (χ0n) is 11.8. The zero-order chi connectivity index (χ0) is 14.6. The molecule has 1 aliphatic rings. The van der Waals surface area contributed by atoms with E-state index in [9.17, 15) is 14.9 Å². The summed E-state index contributed by atoms with van der Waals surface area (Å²) in [6, 6.07) is -0.368. The molecule has 3 atom stereocenters. The number of carboxylic acid groups (broad SMARTS) is 1. The van der Waals surface area contributed by atoms with Gasteiger partial charge in [0.25, 0.3) is 0 Å². The van der Waals surface area contributed by atoms with Crippen molar-refractivity contribution < 1.29 is 14.8 Å². The largest absolute Gasteiger partial charge is 0.465 e. The van der Waals surface area contributed by atoms with Gasteiger partial charge in [0.15, 0.2) is 0 Å². The van der Waals surface area contributed by atoms with E-state index < -0.39 is 12.1 Å². The molecule has 1 N–H and O–H groups in total. The lowest BCUT2D eigenvalue weighted by atomic mass is 10.1. The van der Waals surface area contributed by atoms with E-state index in [1.165, 1.54) is 4.90 Å². The molecule has 1 fully saturated rings. The summed E-state index contributed by atoms with van der Waals surface area (Å²) in [5, 5.41) is 19.6. The normalized spacial score (nSPS) is 26.2. The fourth-order valence-electron chi connectivity index (χ4n) is 2.47. The van der Waals surface area contributed by atoms with E-state index in [4.69, 9.17) is 5.11 Å². The number of rotatable bonds is 5. The number of nitrogens with zero attached hydrogens (tertiary/aromatic N) is 3. The first kappa shape index (κ1) is 15.7. The number of amides is 1. The van der Waals surface area contributed by atoms with Gasteiger partial charge in [-0.05, 0) is 26.8 Å². The molecule has 1 rings (SSSR count). The van der Waals surface area contributed by atoms with Gasteiger partial charge in [0.2, 0.25) is 6.04 Å². The van der Waals surface area contributed by atoms with Gasteiger partial charge in [-0.3, -0.25) is 15.0 Å². The third-order valence-electron chi connectivity index (χ3n) is 3.79. The summed E-state index contributed by atoms with van der Waals surface area (Å²) in [5.41, 5.74) is 0. The average molecular weight is 273 g/mol. The third-order valence-corrected chi connectivity index (χ3v) is 3.79. The van der Waals surface area contributed by atoms with Crippen molar-refractivity contribution in [2.45, 2.75) is 51.7 Å². The monoisotopic (exact) mass is 273 g/mol. The molecule has 0 aromatic rings. The molecule has 1 unspecified atom stereocenters. The Morgan fingerprint density at radius 2 is 2.05 bits per heavy atom. The van der Waals surface area contributed by atoms with Crippen LogP contribution in [0, 0.1) is 10.1 Å². The summed E-state index contributed by atoms with van der Waals surface area (Å²) < 4.78 is 0. The standard InChI is InChI=1S/C12H23N3O4/c1-9(15(18)19)5-4-6-13-7-11(3)14(12(16)17)8-10(13)2/h9-11H,4-8H2,1-3H3,(H,16,17)/t9?,10-,11+/m0/s1. The van der Waals surface area contributed by atoms with Crippen molar-refractivity contribution in [3.8, 4) is 0 Å². The van der Waals surface area contributed by atoms with E-state index in [1.807, 2.05) is 13.8 Å². The summed E-state index contributed by atoms with van der Waals surface area (Å²) in [7, 11) is 0. The van der Waals surface area contributed by atoms with E-state index in [0.29, 0.717) is 19.5 Å². The summed E-state index contributed by atoms with van der Waals surface area (Å²) in [4.78, 5) is 25.0. The number of hydrogen-bond donors (Lipinski definition) is 1. The fraction of sp³-hybridized carbons (Fsp3) is 0.917. The summed E-state index contributed by atoms with van der Waals surface area (Å²) in [5.74, 6) is 0. The van der Waals surface area contributed by atoms with Crippen molar-refractivity contribution >= 4 is 6.09 Å². The predicted octanol–water partition coefficient (Wildman–Crippen LogP) is 1.50. The maximum Gasteiger partial charge on any atom is 0.407 e. The second-order valence-corrected chi connectivity index (χ2v) is 5.40. The second-order valence-electron chi connectivity index (χ2n) is 5.40. The average Bonchev–Trinajstić information content (AvgIpc) is 2.32. The van der Waals surface area contributed by atoms with Gasteiger partial charge in [-0.1, -0.05) is 0 Å². The first-order valence-corrected chi connectivity index (χ1v) is 6.70. The Morgan fingerprint density at radius 3 is 2.58 bits per heavy atom. The fourth-order valence-corrected chi connectivity index (χ4v) is 2.47. The maximum absolute atomic E-state index is 11.0. The Morgan fingerprint density at radius 1 is 1.42 bits per heavy atom. The number of nitro groups is 1. The molecule has 110 valence electrons. The maximum atomic E-state index is 11.0. The zero-order valence-corrected chi connectivity index (χ0v) is 11.8. The highest BCUT2D eigenvalue weighted by atomic mass is 16.6. The molecule has 0 aliphatic carbocycles. The summed E-state index contributed by atoms with van der Waals surface area (Å²) >= 11 is 0. The van der Waals surface area contributed by atoms with Crippen molar-refractivity contribution in [1.82, 2.24) is 9.80 Å². The quantitative estimate of drug-likeness (QED) is 0.606. The van der Waals surface area contributed by atoms with Crippen LogP contribution in [0.25, 0.3) is 0 Å². The highest BCUT2D eigenvalue weighted by molar-refractivity contribution is 5.65. The minimum absolute atomic E-state index is 0.0263. The van der Waals surface area contributed by atoms with E-state index in [1.54, 1.807) is 6.92 Å². The van der Waals surface area contributed by atoms with Crippen LogP contribution in [-0.4, -0.2) is 63.7 Å². The van der Waals surface area contributed by atoms with Crippen molar-refractivity contribution in [2.24, 2.45) is 0 Å². The van der Waals surface area contributed by atoms with Gasteiger partial charge in [0, 0.05) is 43.4 Å². The molecule has 0 spiro atoms. The van der Waals surface area contributed by atoms with E-state index in [0.717, 1.165) is 13.0 Å². The number of hydrogen-bond acceptors (Lipinski definition) is 4. The Balaban J connectivity index is 2.40. The molecule has 7 heteroatoms. The van der Waals surface area contributed by atoms with Gasteiger partial charge in [0.05, 0.1) is 0 Å². The van der Waals surface area contributed by atoms with Crippen LogP contribution in [0.1, 0.15) is 33.6 Å². The lowest BCUT2D eigenvalue weighted by molar-refractivity contribution is -0.519. The Bertz CT molecular complexity index is 337. The molecule has 1 amide bonds. The van der Waals surface area contributed by atoms with Crippen LogP contribution in [0.5, 0.6) is 0 Å². The molecule has 1 aliphatic heterocycles. The Labute approximate surface area is 113 Å². The minimum atomic E-state index is -0.874. The summed E-state index contributed by atoms with van der Waals surface area (Å²) in [6.07, 6.45) is 0.459. The van der Waals surface area contributed by atoms with Gasteiger partial charge in [0.1, 0.15) is 0 Å². The molecule has 0 aromatic carbocycles. The second kappa shape index (κ2) is 6.70. The molecule has 0 saturated carbocycles. The minimum Gasteiger partial charge on any atom is -0.465 e. The lowest BCUT2D eigenvalue weighted by Gasteiger charge is -2.42. The molecule has 1 heterocycles. The first-order valence-electron chi connectivity index (χ1n) is 6.70. The summed E-state index contributed by atoms with van der Waals surface area (Å²) in [6.45, 7) is 7.50. The topological polar surface area (TPSA) is 86.9 Å². The van der Waals surface area contributed by atoms with Gasteiger partial charge in [-0.25, -0.2) is 4.79 Å². The number of carbonyl (C=O) groups is 1.